The third kappa shape index (κ3) is 5.20. The molecule has 6 heteroatoms. The number of aromatic nitrogens is 1. The van der Waals surface area contributed by atoms with E-state index in [1.807, 2.05) is 12.1 Å². The van der Waals surface area contributed by atoms with Gasteiger partial charge in [0.05, 0.1) is 5.75 Å². The molecule has 0 aromatic carbocycles. The lowest BCUT2D eigenvalue weighted by Crippen LogP contribution is -2.28. The Morgan fingerprint density at radius 2 is 2.25 bits per heavy atom. The molecule has 0 saturated heterocycles. The zero-order chi connectivity index (χ0) is 11.9. The number of hydrogen-bond donors (Lipinski definition) is 2. The first-order chi connectivity index (χ1) is 7.64. The highest BCUT2D eigenvalue weighted by Gasteiger charge is 2.08. The lowest BCUT2D eigenvalue weighted by molar-refractivity contribution is 0.295. The van der Waals surface area contributed by atoms with Gasteiger partial charge in [0.25, 0.3) is 0 Å². The first-order valence-electron chi connectivity index (χ1n) is 5.11. The van der Waals surface area contributed by atoms with Crippen LogP contribution in [0.2, 0.25) is 0 Å². The molecular formula is C10H16N2O3S. The van der Waals surface area contributed by atoms with Crippen molar-refractivity contribution in [3.8, 4) is 0 Å². The summed E-state index contributed by atoms with van der Waals surface area (Å²) in [5.41, 5.74) is 0.993. The van der Waals surface area contributed by atoms with Gasteiger partial charge in [-0.25, -0.2) is 13.1 Å². The summed E-state index contributed by atoms with van der Waals surface area (Å²) in [7, 11) is -3.24. The van der Waals surface area contributed by atoms with Crippen molar-refractivity contribution in [3.05, 3.63) is 30.1 Å². The van der Waals surface area contributed by atoms with Crippen molar-refractivity contribution in [2.45, 2.75) is 12.8 Å². The summed E-state index contributed by atoms with van der Waals surface area (Å²) >= 11 is 0. The van der Waals surface area contributed by atoms with Crippen LogP contribution < -0.4 is 4.72 Å². The fraction of sp³-hybridized carbons (Fsp3) is 0.500. The number of aliphatic hydroxyl groups excluding tert-OH is 1. The Balaban J connectivity index is 2.30. The molecule has 0 spiro atoms. The van der Waals surface area contributed by atoms with E-state index in [1.165, 1.54) is 0 Å². The molecule has 0 radical (unpaired) electrons. The molecule has 0 bridgehead atoms. The SMILES string of the molecule is O=S(=O)(CCCO)NCCc1cccnc1. The Bertz CT molecular complexity index is 392. The molecule has 0 atom stereocenters. The van der Waals surface area contributed by atoms with Gasteiger partial charge >= 0.3 is 0 Å². The smallest absolute Gasteiger partial charge is 0.211 e. The van der Waals surface area contributed by atoms with Crippen molar-refractivity contribution in [1.82, 2.24) is 9.71 Å². The lowest BCUT2D eigenvalue weighted by Gasteiger charge is -2.05. The fourth-order valence-corrected chi connectivity index (χ4v) is 2.29. The maximum Gasteiger partial charge on any atom is 0.211 e. The largest absolute Gasteiger partial charge is 0.396 e. The fourth-order valence-electron chi connectivity index (χ4n) is 1.22. The minimum Gasteiger partial charge on any atom is -0.396 e. The number of rotatable bonds is 7. The highest BCUT2D eigenvalue weighted by Crippen LogP contribution is 1.96. The maximum atomic E-state index is 11.3. The number of hydrogen-bond acceptors (Lipinski definition) is 4. The van der Waals surface area contributed by atoms with Crippen molar-refractivity contribution < 1.29 is 13.5 Å². The minimum absolute atomic E-state index is 0.0312. The molecule has 1 heterocycles. The number of nitrogens with zero attached hydrogens (tertiary/aromatic N) is 1. The predicted molar refractivity (Wildman–Crippen MR) is 61.4 cm³/mol. The van der Waals surface area contributed by atoms with Gasteiger partial charge in [-0.1, -0.05) is 6.07 Å². The summed E-state index contributed by atoms with van der Waals surface area (Å²) in [5.74, 6) is -0.0312. The van der Waals surface area contributed by atoms with E-state index in [-0.39, 0.29) is 18.8 Å². The van der Waals surface area contributed by atoms with Crippen LogP contribution in [-0.4, -0.2) is 37.4 Å². The first kappa shape index (κ1) is 13.1. The molecule has 90 valence electrons. The van der Waals surface area contributed by atoms with Crippen molar-refractivity contribution in [3.63, 3.8) is 0 Å². The Hall–Kier alpha value is -0.980. The molecule has 1 aromatic heterocycles. The summed E-state index contributed by atoms with van der Waals surface area (Å²) in [6.07, 6.45) is 4.27. The van der Waals surface area contributed by atoms with Crippen LogP contribution in [0.15, 0.2) is 24.5 Å². The van der Waals surface area contributed by atoms with E-state index in [0.717, 1.165) is 5.56 Å². The first-order valence-corrected chi connectivity index (χ1v) is 6.76. The predicted octanol–water partition coefficient (Wildman–Crippen LogP) is -0.0741. The van der Waals surface area contributed by atoms with Crippen LogP contribution in [-0.2, 0) is 16.4 Å². The van der Waals surface area contributed by atoms with Crippen molar-refractivity contribution in [2.24, 2.45) is 0 Å². The summed E-state index contributed by atoms with van der Waals surface area (Å²) in [5, 5.41) is 8.53. The molecule has 0 aliphatic heterocycles. The van der Waals surface area contributed by atoms with Gasteiger partial charge in [0.1, 0.15) is 0 Å². The van der Waals surface area contributed by atoms with Gasteiger partial charge in [0.2, 0.25) is 10.0 Å². The molecule has 0 aliphatic carbocycles. The minimum atomic E-state index is -3.24. The molecule has 16 heavy (non-hydrogen) atoms. The van der Waals surface area contributed by atoms with E-state index < -0.39 is 10.0 Å². The van der Waals surface area contributed by atoms with Crippen LogP contribution in [0.25, 0.3) is 0 Å². The van der Waals surface area contributed by atoms with Gasteiger partial charge in [-0.15, -0.1) is 0 Å². The van der Waals surface area contributed by atoms with Crippen molar-refractivity contribution in [1.29, 1.82) is 0 Å². The molecule has 1 aromatic rings. The van der Waals surface area contributed by atoms with Crippen LogP contribution in [0, 0.1) is 0 Å². The second-order valence-electron chi connectivity index (χ2n) is 3.40. The average Bonchev–Trinajstić information content (AvgIpc) is 2.28. The molecule has 0 fully saturated rings. The molecule has 1 rings (SSSR count). The molecule has 0 saturated carbocycles. The zero-order valence-electron chi connectivity index (χ0n) is 8.96. The van der Waals surface area contributed by atoms with E-state index in [2.05, 4.69) is 9.71 Å². The Morgan fingerprint density at radius 3 is 2.88 bits per heavy atom. The van der Waals surface area contributed by atoms with Crippen LogP contribution in [0.4, 0.5) is 0 Å². The standard InChI is InChI=1S/C10H16N2O3S/c13-7-2-8-16(14,15)12-6-4-10-3-1-5-11-9-10/h1,3,5,9,12-13H,2,4,6-8H2. The summed E-state index contributed by atoms with van der Waals surface area (Å²) < 4.78 is 25.2. The molecule has 5 nitrogen and oxygen atoms in total. The topological polar surface area (TPSA) is 79.3 Å². The number of nitrogens with one attached hydrogen (secondary N) is 1. The second-order valence-corrected chi connectivity index (χ2v) is 5.33. The van der Waals surface area contributed by atoms with E-state index in [1.54, 1.807) is 12.4 Å². The third-order valence-electron chi connectivity index (χ3n) is 2.03. The number of sulfonamides is 1. The van der Waals surface area contributed by atoms with Gasteiger partial charge in [0.15, 0.2) is 0 Å². The molecule has 0 aliphatic rings. The molecule has 0 unspecified atom stereocenters. The summed E-state index contributed by atoms with van der Waals surface area (Å²) in [6, 6.07) is 3.71. The quantitative estimate of drug-likeness (QED) is 0.703. The Morgan fingerprint density at radius 1 is 1.44 bits per heavy atom. The zero-order valence-corrected chi connectivity index (χ0v) is 9.78. The molecule has 2 N–H and O–H groups in total. The Labute approximate surface area is 95.6 Å². The normalized spacial score (nSPS) is 11.6. The van der Waals surface area contributed by atoms with Gasteiger partial charge in [-0.05, 0) is 24.5 Å². The van der Waals surface area contributed by atoms with Gasteiger partial charge in [-0.3, -0.25) is 4.98 Å². The number of pyridine rings is 1. The van der Waals surface area contributed by atoms with E-state index >= 15 is 0 Å². The molecular weight excluding hydrogens is 228 g/mol. The lowest BCUT2D eigenvalue weighted by atomic mass is 10.2. The van der Waals surface area contributed by atoms with Gasteiger partial charge in [0, 0.05) is 25.5 Å². The monoisotopic (exact) mass is 244 g/mol. The Kier molecular flexibility index (Phi) is 5.37. The van der Waals surface area contributed by atoms with Crippen LogP contribution in [0.1, 0.15) is 12.0 Å². The van der Waals surface area contributed by atoms with Gasteiger partial charge in [-0.2, -0.15) is 0 Å². The number of aliphatic hydroxyl groups is 1. The van der Waals surface area contributed by atoms with Crippen LogP contribution in [0.5, 0.6) is 0 Å². The maximum absolute atomic E-state index is 11.3. The van der Waals surface area contributed by atoms with E-state index in [4.69, 9.17) is 5.11 Å². The van der Waals surface area contributed by atoms with Gasteiger partial charge < -0.3 is 5.11 Å². The highest BCUT2D eigenvalue weighted by molar-refractivity contribution is 7.89. The van der Waals surface area contributed by atoms with Crippen molar-refractivity contribution in [2.75, 3.05) is 18.9 Å². The third-order valence-corrected chi connectivity index (χ3v) is 3.50. The summed E-state index contributed by atoms with van der Waals surface area (Å²) in [4.78, 5) is 3.94. The van der Waals surface area contributed by atoms with E-state index in [9.17, 15) is 8.42 Å². The summed E-state index contributed by atoms with van der Waals surface area (Å²) in [6.45, 7) is 0.253. The van der Waals surface area contributed by atoms with Crippen LogP contribution >= 0.6 is 0 Å². The second kappa shape index (κ2) is 6.57. The van der Waals surface area contributed by atoms with Crippen molar-refractivity contribution >= 4 is 10.0 Å². The van der Waals surface area contributed by atoms with Crippen LogP contribution in [0.3, 0.4) is 0 Å². The average molecular weight is 244 g/mol. The van der Waals surface area contributed by atoms with E-state index in [0.29, 0.717) is 13.0 Å². The highest BCUT2D eigenvalue weighted by atomic mass is 32.2. The molecule has 0 amide bonds.